The summed E-state index contributed by atoms with van der Waals surface area (Å²) in [4.78, 5) is 0. The third kappa shape index (κ3) is 2.70. The molecular formula is C12H15NOS. The molecule has 0 aliphatic heterocycles. The molecule has 2 aromatic rings. The lowest BCUT2D eigenvalue weighted by Gasteiger charge is -2.07. The first kappa shape index (κ1) is 10.5. The van der Waals surface area contributed by atoms with Gasteiger partial charge in [-0.2, -0.15) is 11.3 Å². The lowest BCUT2D eigenvalue weighted by molar-refractivity contribution is 0.526. The first-order valence-electron chi connectivity index (χ1n) is 5.07. The van der Waals surface area contributed by atoms with Crippen LogP contribution in [0.25, 0.3) is 0 Å². The Morgan fingerprint density at radius 2 is 2.40 bits per heavy atom. The quantitative estimate of drug-likeness (QED) is 0.860. The van der Waals surface area contributed by atoms with Gasteiger partial charge < -0.3 is 10.2 Å². The number of hydrogen-bond donors (Lipinski definition) is 1. The van der Waals surface area contributed by atoms with E-state index in [1.54, 1.807) is 17.6 Å². The predicted molar refractivity (Wildman–Crippen MR) is 63.0 cm³/mol. The van der Waals surface area contributed by atoms with Crippen molar-refractivity contribution in [3.05, 3.63) is 46.0 Å². The van der Waals surface area contributed by atoms with Crippen molar-refractivity contribution in [3.63, 3.8) is 0 Å². The molecule has 3 heteroatoms. The fraction of sp³-hybridized carbons (Fsp3) is 0.333. The molecule has 0 spiro atoms. The van der Waals surface area contributed by atoms with Gasteiger partial charge in [0.25, 0.3) is 0 Å². The molecule has 2 heterocycles. The highest BCUT2D eigenvalue weighted by Crippen LogP contribution is 2.19. The number of aryl methyl sites for hydroxylation is 2. The van der Waals surface area contributed by atoms with Gasteiger partial charge in [0.05, 0.1) is 6.26 Å². The zero-order valence-electron chi connectivity index (χ0n) is 8.77. The molecule has 2 rings (SSSR count). The van der Waals surface area contributed by atoms with Crippen molar-refractivity contribution in [2.45, 2.75) is 25.8 Å². The molecule has 15 heavy (non-hydrogen) atoms. The standard InChI is InChI=1S/C12H15NOS/c1-9-6-11(7-14-9)12(13)3-2-10-4-5-15-8-10/h4-8,12H,2-3,13H2,1H3. The van der Waals surface area contributed by atoms with E-state index in [-0.39, 0.29) is 6.04 Å². The summed E-state index contributed by atoms with van der Waals surface area (Å²) in [5.41, 5.74) is 8.54. The predicted octanol–water partition coefficient (Wildman–Crippen LogP) is 3.28. The van der Waals surface area contributed by atoms with Gasteiger partial charge in [-0.05, 0) is 48.2 Å². The van der Waals surface area contributed by atoms with E-state index in [9.17, 15) is 0 Å². The molecule has 0 aromatic carbocycles. The van der Waals surface area contributed by atoms with Gasteiger partial charge in [0.2, 0.25) is 0 Å². The Morgan fingerprint density at radius 3 is 3.00 bits per heavy atom. The second kappa shape index (κ2) is 4.64. The van der Waals surface area contributed by atoms with E-state index >= 15 is 0 Å². The monoisotopic (exact) mass is 221 g/mol. The molecule has 2 N–H and O–H groups in total. The van der Waals surface area contributed by atoms with E-state index in [2.05, 4.69) is 16.8 Å². The smallest absolute Gasteiger partial charge is 0.101 e. The van der Waals surface area contributed by atoms with Crippen molar-refractivity contribution in [2.75, 3.05) is 0 Å². The Balaban J connectivity index is 1.90. The third-order valence-corrected chi connectivity index (χ3v) is 3.24. The minimum atomic E-state index is 0.0855. The fourth-order valence-corrected chi connectivity index (χ4v) is 2.29. The molecule has 0 radical (unpaired) electrons. The number of furan rings is 1. The van der Waals surface area contributed by atoms with E-state index < -0.39 is 0 Å². The van der Waals surface area contributed by atoms with Crippen molar-refractivity contribution in [1.29, 1.82) is 0 Å². The van der Waals surface area contributed by atoms with Gasteiger partial charge in [0.15, 0.2) is 0 Å². The van der Waals surface area contributed by atoms with Crippen LogP contribution in [0, 0.1) is 6.92 Å². The second-order valence-electron chi connectivity index (χ2n) is 3.77. The Labute approximate surface area is 93.7 Å². The van der Waals surface area contributed by atoms with Crippen LogP contribution in [0.1, 0.15) is 29.3 Å². The highest BCUT2D eigenvalue weighted by Gasteiger charge is 2.08. The van der Waals surface area contributed by atoms with Crippen molar-refractivity contribution in [1.82, 2.24) is 0 Å². The highest BCUT2D eigenvalue weighted by molar-refractivity contribution is 7.07. The Morgan fingerprint density at radius 1 is 1.53 bits per heavy atom. The molecule has 0 amide bonds. The zero-order valence-corrected chi connectivity index (χ0v) is 9.59. The van der Waals surface area contributed by atoms with Crippen LogP contribution >= 0.6 is 11.3 Å². The number of hydrogen-bond acceptors (Lipinski definition) is 3. The van der Waals surface area contributed by atoms with Crippen LogP contribution in [-0.4, -0.2) is 0 Å². The van der Waals surface area contributed by atoms with Gasteiger partial charge in [-0.3, -0.25) is 0 Å². The first-order chi connectivity index (χ1) is 7.25. The maximum absolute atomic E-state index is 6.07. The lowest BCUT2D eigenvalue weighted by Crippen LogP contribution is -2.10. The SMILES string of the molecule is Cc1cc(C(N)CCc2ccsc2)co1. The van der Waals surface area contributed by atoms with Crippen molar-refractivity contribution in [2.24, 2.45) is 5.73 Å². The minimum absolute atomic E-state index is 0.0855. The van der Waals surface area contributed by atoms with Crippen LogP contribution in [-0.2, 0) is 6.42 Å². The molecule has 2 nitrogen and oxygen atoms in total. The second-order valence-corrected chi connectivity index (χ2v) is 4.55. The van der Waals surface area contributed by atoms with Gasteiger partial charge in [-0.1, -0.05) is 0 Å². The van der Waals surface area contributed by atoms with Crippen LogP contribution in [0.3, 0.4) is 0 Å². The molecular weight excluding hydrogens is 206 g/mol. The van der Waals surface area contributed by atoms with Crippen molar-refractivity contribution >= 4 is 11.3 Å². The molecule has 80 valence electrons. The molecule has 0 aliphatic carbocycles. The molecule has 2 aromatic heterocycles. The first-order valence-corrected chi connectivity index (χ1v) is 6.01. The summed E-state index contributed by atoms with van der Waals surface area (Å²) in [6.07, 6.45) is 3.76. The average molecular weight is 221 g/mol. The van der Waals surface area contributed by atoms with Crippen LogP contribution in [0.2, 0.25) is 0 Å². The van der Waals surface area contributed by atoms with E-state index in [1.165, 1.54) is 5.56 Å². The maximum atomic E-state index is 6.07. The molecule has 0 saturated heterocycles. The molecule has 1 unspecified atom stereocenters. The van der Waals surface area contributed by atoms with Gasteiger partial charge in [-0.25, -0.2) is 0 Å². The van der Waals surface area contributed by atoms with Gasteiger partial charge in [0.1, 0.15) is 5.76 Å². The Hall–Kier alpha value is -1.06. The summed E-state index contributed by atoms with van der Waals surface area (Å²) < 4.78 is 5.24. The van der Waals surface area contributed by atoms with E-state index in [0.29, 0.717) is 0 Å². The summed E-state index contributed by atoms with van der Waals surface area (Å²) in [5.74, 6) is 0.927. The Bertz CT molecular complexity index is 405. The van der Waals surface area contributed by atoms with Gasteiger partial charge in [0, 0.05) is 11.6 Å². The normalized spacial score (nSPS) is 12.9. The van der Waals surface area contributed by atoms with E-state index in [4.69, 9.17) is 10.2 Å². The summed E-state index contributed by atoms with van der Waals surface area (Å²) in [7, 11) is 0. The largest absolute Gasteiger partial charge is 0.469 e. The topological polar surface area (TPSA) is 39.2 Å². The average Bonchev–Trinajstić information content (AvgIpc) is 2.84. The van der Waals surface area contributed by atoms with Gasteiger partial charge in [-0.15, -0.1) is 0 Å². The number of rotatable bonds is 4. The van der Waals surface area contributed by atoms with Crippen LogP contribution < -0.4 is 5.73 Å². The van der Waals surface area contributed by atoms with Crippen molar-refractivity contribution in [3.8, 4) is 0 Å². The molecule has 0 aliphatic rings. The molecule has 0 bridgehead atoms. The number of nitrogens with two attached hydrogens (primary N) is 1. The van der Waals surface area contributed by atoms with Gasteiger partial charge >= 0.3 is 0 Å². The van der Waals surface area contributed by atoms with Crippen LogP contribution in [0.5, 0.6) is 0 Å². The molecule has 0 saturated carbocycles. The fourth-order valence-electron chi connectivity index (χ4n) is 1.58. The zero-order chi connectivity index (χ0) is 10.7. The van der Waals surface area contributed by atoms with E-state index in [1.807, 2.05) is 13.0 Å². The third-order valence-electron chi connectivity index (χ3n) is 2.50. The molecule has 1 atom stereocenters. The molecule has 0 fully saturated rings. The minimum Gasteiger partial charge on any atom is -0.469 e. The van der Waals surface area contributed by atoms with Crippen molar-refractivity contribution < 1.29 is 4.42 Å². The summed E-state index contributed by atoms with van der Waals surface area (Å²) in [6.45, 7) is 1.94. The maximum Gasteiger partial charge on any atom is 0.101 e. The summed E-state index contributed by atoms with van der Waals surface area (Å²) in [6, 6.07) is 4.25. The summed E-state index contributed by atoms with van der Waals surface area (Å²) in [5, 5.41) is 4.27. The Kier molecular flexibility index (Phi) is 3.23. The highest BCUT2D eigenvalue weighted by atomic mass is 32.1. The summed E-state index contributed by atoms with van der Waals surface area (Å²) >= 11 is 1.73. The van der Waals surface area contributed by atoms with E-state index in [0.717, 1.165) is 24.2 Å². The number of thiophene rings is 1. The lowest BCUT2D eigenvalue weighted by atomic mass is 10.0. The van der Waals surface area contributed by atoms with Crippen LogP contribution in [0.4, 0.5) is 0 Å². The van der Waals surface area contributed by atoms with Crippen LogP contribution in [0.15, 0.2) is 33.6 Å².